The maximum absolute atomic E-state index is 12.9. The minimum Gasteiger partial charge on any atom is -0.322 e. The van der Waals surface area contributed by atoms with Crippen LogP contribution in [0.2, 0.25) is 0 Å². The molecule has 0 aromatic carbocycles. The van der Waals surface area contributed by atoms with Gasteiger partial charge < -0.3 is 4.98 Å². The van der Waals surface area contributed by atoms with E-state index in [0.29, 0.717) is 5.56 Å². The van der Waals surface area contributed by atoms with Crippen LogP contribution < -0.4 is 5.56 Å². The second-order valence-corrected chi connectivity index (χ2v) is 5.41. The molecule has 0 aliphatic heterocycles. The lowest BCUT2D eigenvalue weighted by atomic mass is 10.0. The van der Waals surface area contributed by atoms with Gasteiger partial charge >= 0.3 is 6.18 Å². The number of H-pyrrole nitrogens is 1. The Morgan fingerprint density at radius 1 is 1.30 bits per heavy atom. The van der Waals surface area contributed by atoms with Gasteiger partial charge in [0.1, 0.15) is 6.33 Å². The van der Waals surface area contributed by atoms with E-state index in [0.717, 1.165) is 15.3 Å². The summed E-state index contributed by atoms with van der Waals surface area (Å²) in [6.07, 6.45) is -3.36. The minimum atomic E-state index is -4.56. The van der Waals surface area contributed by atoms with E-state index in [9.17, 15) is 18.0 Å². The quantitative estimate of drug-likeness (QED) is 0.780. The van der Waals surface area contributed by atoms with Crippen molar-refractivity contribution in [2.45, 2.75) is 25.9 Å². The van der Waals surface area contributed by atoms with E-state index in [2.05, 4.69) is 20.2 Å². The fraction of sp³-hybridized carbons (Fsp3) is 0.385. The highest BCUT2D eigenvalue weighted by Crippen LogP contribution is 2.32. The van der Waals surface area contributed by atoms with Crippen LogP contribution in [0.5, 0.6) is 0 Å². The number of hydrogen-bond donors (Lipinski definition) is 1. The normalized spacial score (nSPS) is 12.5. The first-order valence-electron chi connectivity index (χ1n) is 6.77. The summed E-state index contributed by atoms with van der Waals surface area (Å²) in [5.41, 5.74) is -0.706. The first kappa shape index (κ1) is 15.3. The lowest BCUT2D eigenvalue weighted by Gasteiger charge is -2.12. The zero-order chi connectivity index (χ0) is 16.9. The highest BCUT2D eigenvalue weighted by Gasteiger charge is 2.35. The third-order valence-corrected chi connectivity index (χ3v) is 3.48. The highest BCUT2D eigenvalue weighted by molar-refractivity contribution is 5.62. The molecule has 0 amide bonds. The van der Waals surface area contributed by atoms with Crippen LogP contribution in [0.3, 0.4) is 0 Å². The van der Waals surface area contributed by atoms with Gasteiger partial charge in [-0.3, -0.25) is 9.48 Å². The number of aromatic amines is 1. The molecule has 0 saturated carbocycles. The van der Waals surface area contributed by atoms with Crippen LogP contribution in [0.4, 0.5) is 13.2 Å². The van der Waals surface area contributed by atoms with Gasteiger partial charge in [-0.2, -0.15) is 32.9 Å². The van der Waals surface area contributed by atoms with Crippen molar-refractivity contribution in [3.63, 3.8) is 0 Å². The van der Waals surface area contributed by atoms with Crippen molar-refractivity contribution in [3.8, 4) is 11.4 Å². The van der Waals surface area contributed by atoms with Crippen LogP contribution in [0.25, 0.3) is 17.2 Å². The largest absolute Gasteiger partial charge is 0.435 e. The molecule has 7 nitrogen and oxygen atoms in total. The smallest absolute Gasteiger partial charge is 0.322 e. The second kappa shape index (κ2) is 4.93. The molecule has 0 radical (unpaired) electrons. The molecule has 3 aromatic rings. The highest BCUT2D eigenvalue weighted by atomic mass is 19.4. The summed E-state index contributed by atoms with van der Waals surface area (Å²) in [4.78, 5) is 19.3. The summed E-state index contributed by atoms with van der Waals surface area (Å²) in [5, 5.41) is 7.31. The zero-order valence-electron chi connectivity index (χ0n) is 12.5. The topological polar surface area (TPSA) is 80.9 Å². The van der Waals surface area contributed by atoms with Crippen LogP contribution in [0.15, 0.2) is 17.2 Å². The summed E-state index contributed by atoms with van der Waals surface area (Å²) in [6, 6.07) is 0.907. The molecule has 1 N–H and O–H groups in total. The summed E-state index contributed by atoms with van der Waals surface area (Å²) < 4.78 is 40.8. The fourth-order valence-corrected chi connectivity index (χ4v) is 2.45. The molecular formula is C13H13F3N6O. The number of alkyl halides is 3. The molecule has 122 valence electrons. The van der Waals surface area contributed by atoms with E-state index < -0.39 is 17.4 Å². The third-order valence-electron chi connectivity index (χ3n) is 3.48. The summed E-state index contributed by atoms with van der Waals surface area (Å²) in [5.74, 6) is -0.0734. The van der Waals surface area contributed by atoms with Crippen molar-refractivity contribution in [2.24, 2.45) is 7.05 Å². The van der Waals surface area contributed by atoms with Crippen LogP contribution in [-0.2, 0) is 13.2 Å². The number of halogens is 3. The molecule has 0 saturated heterocycles. The van der Waals surface area contributed by atoms with E-state index in [1.165, 1.54) is 13.4 Å². The van der Waals surface area contributed by atoms with E-state index in [1.807, 2.05) is 0 Å². The Kier molecular flexibility index (Phi) is 3.27. The first-order valence-corrected chi connectivity index (χ1v) is 6.77. The van der Waals surface area contributed by atoms with Gasteiger partial charge in [-0.15, -0.1) is 0 Å². The number of rotatable bonds is 2. The molecule has 23 heavy (non-hydrogen) atoms. The lowest BCUT2D eigenvalue weighted by molar-refractivity contribution is -0.141. The Bertz CT molecular complexity index is 933. The number of hydrogen-bond acceptors (Lipinski definition) is 4. The van der Waals surface area contributed by atoms with Gasteiger partial charge in [-0.05, 0) is 12.0 Å². The van der Waals surface area contributed by atoms with Gasteiger partial charge in [0.05, 0.1) is 11.4 Å². The lowest BCUT2D eigenvalue weighted by Crippen LogP contribution is -2.23. The molecule has 0 spiro atoms. The average molecular weight is 326 g/mol. The molecule has 3 rings (SSSR count). The number of aromatic nitrogens is 6. The predicted octanol–water partition coefficient (Wildman–Crippen LogP) is 1.96. The molecular weight excluding hydrogens is 313 g/mol. The zero-order valence-corrected chi connectivity index (χ0v) is 12.5. The predicted molar refractivity (Wildman–Crippen MR) is 74.9 cm³/mol. The van der Waals surface area contributed by atoms with E-state index in [4.69, 9.17) is 0 Å². The Morgan fingerprint density at radius 2 is 2.00 bits per heavy atom. The monoisotopic (exact) mass is 326 g/mol. The number of nitrogens with one attached hydrogen (secondary N) is 1. The summed E-state index contributed by atoms with van der Waals surface area (Å²) in [6.45, 7) is 3.55. The number of fused-ring (bicyclic) bond motifs is 1. The molecule has 3 aromatic heterocycles. The molecule has 3 heterocycles. The van der Waals surface area contributed by atoms with Crippen molar-refractivity contribution >= 4 is 5.78 Å². The first-order chi connectivity index (χ1) is 10.7. The Morgan fingerprint density at radius 3 is 2.57 bits per heavy atom. The van der Waals surface area contributed by atoms with Crippen molar-refractivity contribution in [1.29, 1.82) is 0 Å². The summed E-state index contributed by atoms with van der Waals surface area (Å²) >= 11 is 0. The van der Waals surface area contributed by atoms with Crippen LogP contribution in [-0.4, -0.2) is 29.4 Å². The molecule has 0 fully saturated rings. The second-order valence-electron chi connectivity index (χ2n) is 5.41. The van der Waals surface area contributed by atoms with Gasteiger partial charge in [0.25, 0.3) is 5.56 Å². The molecule has 0 atom stereocenters. The van der Waals surface area contributed by atoms with Gasteiger partial charge in [0.15, 0.2) is 5.69 Å². The van der Waals surface area contributed by atoms with Gasteiger partial charge in [-0.25, -0.2) is 0 Å². The molecule has 0 bridgehead atoms. The van der Waals surface area contributed by atoms with E-state index in [1.54, 1.807) is 13.8 Å². The molecule has 0 aliphatic carbocycles. The van der Waals surface area contributed by atoms with Gasteiger partial charge in [-0.1, -0.05) is 13.8 Å². The van der Waals surface area contributed by atoms with Gasteiger partial charge in [0, 0.05) is 12.6 Å². The average Bonchev–Trinajstić information content (AvgIpc) is 3.03. The summed E-state index contributed by atoms with van der Waals surface area (Å²) in [7, 11) is 1.39. The molecule has 10 heteroatoms. The standard InChI is InChI=1S/C13H13F3N6O/c1-6(2)9-10(19-12-17-5-18-22(12)11(9)23)7-4-8(13(14,15)16)20-21(7)3/h4-6H,1-3H3,(H,17,18,19). The fourth-order valence-electron chi connectivity index (χ4n) is 2.45. The Hall–Kier alpha value is -2.65. The van der Waals surface area contributed by atoms with Crippen molar-refractivity contribution < 1.29 is 13.2 Å². The van der Waals surface area contributed by atoms with Crippen LogP contribution >= 0.6 is 0 Å². The van der Waals surface area contributed by atoms with Crippen LogP contribution in [0.1, 0.15) is 31.0 Å². The van der Waals surface area contributed by atoms with Crippen LogP contribution in [0, 0.1) is 0 Å². The number of aryl methyl sites for hydroxylation is 1. The Balaban J connectivity index is 2.34. The van der Waals surface area contributed by atoms with Gasteiger partial charge in [0.2, 0.25) is 5.78 Å². The molecule has 0 unspecified atom stereocenters. The number of nitrogens with zero attached hydrogens (tertiary/aromatic N) is 5. The maximum atomic E-state index is 12.9. The van der Waals surface area contributed by atoms with E-state index in [-0.39, 0.29) is 23.1 Å². The molecule has 0 aliphatic rings. The van der Waals surface area contributed by atoms with Crippen molar-refractivity contribution in [3.05, 3.63) is 34.0 Å². The van der Waals surface area contributed by atoms with E-state index >= 15 is 0 Å². The van der Waals surface area contributed by atoms with Crippen molar-refractivity contribution in [2.75, 3.05) is 0 Å². The Labute approximate surface area is 127 Å². The van der Waals surface area contributed by atoms with Crippen molar-refractivity contribution in [1.82, 2.24) is 29.4 Å². The maximum Gasteiger partial charge on any atom is 0.435 e. The SMILES string of the molecule is CC(C)c1c(-c2cc(C(F)(F)F)nn2C)[nH]c2ncnn2c1=O. The minimum absolute atomic E-state index is 0.156. The third kappa shape index (κ3) is 2.39.